The molecule has 104 valence electrons. The lowest BCUT2D eigenvalue weighted by molar-refractivity contribution is 0.0412. The minimum Gasteiger partial charge on any atom is -0.395 e. The van der Waals surface area contributed by atoms with E-state index in [1.807, 2.05) is 30.3 Å². The van der Waals surface area contributed by atoms with E-state index in [0.29, 0.717) is 12.6 Å². The molecule has 1 unspecified atom stereocenters. The number of carbonyl (C=O) groups is 1. The molecule has 0 spiro atoms. The highest BCUT2D eigenvalue weighted by Gasteiger charge is 2.31. The zero-order valence-corrected chi connectivity index (χ0v) is 11.3. The van der Waals surface area contributed by atoms with Crippen molar-refractivity contribution < 1.29 is 9.90 Å². The van der Waals surface area contributed by atoms with Gasteiger partial charge >= 0.3 is 0 Å². The van der Waals surface area contributed by atoms with Crippen molar-refractivity contribution in [2.45, 2.75) is 24.9 Å². The number of nitrogens with zero attached hydrogens (tertiary/aromatic N) is 3. The largest absolute Gasteiger partial charge is 0.395 e. The Morgan fingerprint density at radius 2 is 2.21 bits per heavy atom. The van der Waals surface area contributed by atoms with Crippen LogP contribution >= 0.6 is 0 Å². The number of aliphatic hydroxyl groups excluding tert-OH is 1. The summed E-state index contributed by atoms with van der Waals surface area (Å²) in [7, 11) is 2.00. The third kappa shape index (κ3) is 2.40. The van der Waals surface area contributed by atoms with E-state index in [4.69, 9.17) is 0 Å². The van der Waals surface area contributed by atoms with E-state index in [9.17, 15) is 9.90 Å². The molecule has 2 fully saturated rings. The zero-order chi connectivity index (χ0) is 13.4. The fraction of sp³-hybridized carbons (Fsp3) is 0.643. The van der Waals surface area contributed by atoms with Crippen molar-refractivity contribution >= 4 is 5.91 Å². The Hall–Kier alpha value is -1.33. The lowest BCUT2D eigenvalue weighted by atomic mass is 10.2. The molecular weight excluding hydrogens is 242 g/mol. The highest BCUT2D eigenvalue weighted by Crippen LogP contribution is 2.36. The first-order valence-corrected chi connectivity index (χ1v) is 6.98. The summed E-state index contributed by atoms with van der Waals surface area (Å²) in [6.07, 6.45) is 4.36. The predicted molar refractivity (Wildman–Crippen MR) is 72.1 cm³/mol. The van der Waals surface area contributed by atoms with Gasteiger partial charge in [-0.2, -0.15) is 0 Å². The summed E-state index contributed by atoms with van der Waals surface area (Å²) >= 11 is 0. The molecular formula is C14H21N3O2. The summed E-state index contributed by atoms with van der Waals surface area (Å²) < 4.78 is 2.11. The molecule has 1 aromatic rings. The molecule has 0 bridgehead atoms. The van der Waals surface area contributed by atoms with Gasteiger partial charge < -0.3 is 14.6 Å². The standard InChI is InChI=1S/C14H21N3O2/c1-15-7-8-16(9-12(15)10-18)14(19)13-3-2-6-17(13)11-4-5-11/h2-3,6,11-12,18H,4-5,7-10H2,1H3. The fourth-order valence-electron chi connectivity index (χ4n) is 2.74. The van der Waals surface area contributed by atoms with Crippen LogP contribution in [0.1, 0.15) is 29.4 Å². The molecule has 1 amide bonds. The van der Waals surface area contributed by atoms with E-state index < -0.39 is 0 Å². The van der Waals surface area contributed by atoms with Crippen LogP contribution in [0.2, 0.25) is 0 Å². The maximum atomic E-state index is 12.6. The fourth-order valence-corrected chi connectivity index (χ4v) is 2.74. The third-order valence-electron chi connectivity index (χ3n) is 4.21. The molecule has 2 aliphatic rings. The molecule has 3 rings (SSSR count). The molecule has 1 aromatic heterocycles. The SMILES string of the molecule is CN1CCN(C(=O)c2cccn2C2CC2)CC1CO. The third-order valence-corrected chi connectivity index (χ3v) is 4.21. The van der Waals surface area contributed by atoms with Crippen LogP contribution in [-0.2, 0) is 0 Å². The first-order chi connectivity index (χ1) is 9.20. The van der Waals surface area contributed by atoms with Crippen molar-refractivity contribution in [3.8, 4) is 0 Å². The number of hydrogen-bond acceptors (Lipinski definition) is 3. The average Bonchev–Trinajstić information content (AvgIpc) is 3.16. The summed E-state index contributed by atoms with van der Waals surface area (Å²) in [4.78, 5) is 16.6. The van der Waals surface area contributed by atoms with Crippen LogP contribution in [0.25, 0.3) is 0 Å². The van der Waals surface area contributed by atoms with Crippen LogP contribution in [0.3, 0.4) is 0 Å². The van der Waals surface area contributed by atoms with Crippen molar-refractivity contribution in [1.29, 1.82) is 0 Å². The highest BCUT2D eigenvalue weighted by atomic mass is 16.3. The Balaban J connectivity index is 1.74. The number of carbonyl (C=O) groups excluding carboxylic acids is 1. The first-order valence-electron chi connectivity index (χ1n) is 6.98. The van der Waals surface area contributed by atoms with Gasteiger partial charge in [-0.05, 0) is 32.0 Å². The zero-order valence-electron chi connectivity index (χ0n) is 11.3. The van der Waals surface area contributed by atoms with Gasteiger partial charge in [0.15, 0.2) is 0 Å². The van der Waals surface area contributed by atoms with Crippen LogP contribution in [0.5, 0.6) is 0 Å². The summed E-state index contributed by atoms with van der Waals surface area (Å²) in [5.41, 5.74) is 0.795. The number of amides is 1. The molecule has 1 atom stereocenters. The minimum absolute atomic E-state index is 0.0574. The lowest BCUT2D eigenvalue weighted by Crippen LogP contribution is -2.54. The normalized spacial score (nSPS) is 24.7. The van der Waals surface area contributed by atoms with Gasteiger partial charge in [-0.3, -0.25) is 9.69 Å². The second-order valence-corrected chi connectivity index (χ2v) is 5.60. The van der Waals surface area contributed by atoms with Crippen molar-refractivity contribution in [2.24, 2.45) is 0 Å². The maximum absolute atomic E-state index is 12.6. The van der Waals surface area contributed by atoms with Gasteiger partial charge in [-0.1, -0.05) is 0 Å². The molecule has 5 nitrogen and oxygen atoms in total. The predicted octanol–water partition coefficient (Wildman–Crippen LogP) is 0.571. The van der Waals surface area contributed by atoms with Gasteiger partial charge in [0.2, 0.25) is 0 Å². The molecule has 1 aliphatic heterocycles. The Kier molecular flexibility index (Phi) is 3.33. The van der Waals surface area contributed by atoms with Gasteiger partial charge in [0.1, 0.15) is 5.69 Å². The number of aliphatic hydroxyl groups is 1. The second kappa shape index (κ2) is 4.98. The molecule has 5 heteroatoms. The van der Waals surface area contributed by atoms with E-state index in [2.05, 4.69) is 9.47 Å². The van der Waals surface area contributed by atoms with Crippen LogP contribution in [0.4, 0.5) is 0 Å². The van der Waals surface area contributed by atoms with Gasteiger partial charge in [0.25, 0.3) is 5.91 Å². The summed E-state index contributed by atoms with van der Waals surface area (Å²) in [6, 6.07) is 4.44. The average molecular weight is 263 g/mol. The first kappa shape index (κ1) is 12.7. The topological polar surface area (TPSA) is 48.7 Å². The van der Waals surface area contributed by atoms with Crippen molar-refractivity contribution in [2.75, 3.05) is 33.3 Å². The van der Waals surface area contributed by atoms with E-state index in [1.54, 1.807) is 0 Å². The Morgan fingerprint density at radius 1 is 1.42 bits per heavy atom. The van der Waals surface area contributed by atoms with Crippen molar-refractivity contribution in [3.05, 3.63) is 24.0 Å². The summed E-state index contributed by atoms with van der Waals surface area (Å²) in [5.74, 6) is 0.100. The number of rotatable bonds is 3. The quantitative estimate of drug-likeness (QED) is 0.867. The van der Waals surface area contributed by atoms with Gasteiger partial charge in [-0.15, -0.1) is 0 Å². The smallest absolute Gasteiger partial charge is 0.270 e. The van der Waals surface area contributed by atoms with Gasteiger partial charge in [-0.25, -0.2) is 0 Å². The second-order valence-electron chi connectivity index (χ2n) is 5.60. The number of piperazine rings is 1. The van der Waals surface area contributed by atoms with Crippen LogP contribution in [-0.4, -0.2) is 64.7 Å². The van der Waals surface area contributed by atoms with Crippen LogP contribution < -0.4 is 0 Å². The van der Waals surface area contributed by atoms with Crippen molar-refractivity contribution in [1.82, 2.24) is 14.4 Å². The molecule has 1 saturated heterocycles. The Labute approximate surface area is 113 Å². The Bertz CT molecular complexity index is 467. The van der Waals surface area contributed by atoms with Crippen LogP contribution in [0, 0.1) is 0 Å². The number of likely N-dealkylation sites (N-methyl/N-ethyl adjacent to an activating group) is 1. The Morgan fingerprint density at radius 3 is 2.89 bits per heavy atom. The van der Waals surface area contributed by atoms with E-state index in [0.717, 1.165) is 18.8 Å². The summed E-state index contributed by atoms with van der Waals surface area (Å²) in [5, 5.41) is 9.36. The van der Waals surface area contributed by atoms with E-state index in [-0.39, 0.29) is 18.6 Å². The number of hydrogen-bond donors (Lipinski definition) is 1. The molecule has 1 aliphatic carbocycles. The molecule has 1 saturated carbocycles. The maximum Gasteiger partial charge on any atom is 0.270 e. The van der Waals surface area contributed by atoms with Crippen LogP contribution in [0.15, 0.2) is 18.3 Å². The molecule has 0 radical (unpaired) electrons. The minimum atomic E-state index is 0.0574. The van der Waals surface area contributed by atoms with Gasteiger partial charge in [0.05, 0.1) is 12.6 Å². The monoisotopic (exact) mass is 263 g/mol. The molecule has 19 heavy (non-hydrogen) atoms. The highest BCUT2D eigenvalue weighted by molar-refractivity contribution is 5.93. The molecule has 1 N–H and O–H groups in total. The summed E-state index contributed by atoms with van der Waals surface area (Å²) in [6.45, 7) is 2.27. The van der Waals surface area contributed by atoms with E-state index >= 15 is 0 Å². The van der Waals surface area contributed by atoms with Crippen molar-refractivity contribution in [3.63, 3.8) is 0 Å². The lowest BCUT2D eigenvalue weighted by Gasteiger charge is -2.38. The molecule has 0 aromatic carbocycles. The van der Waals surface area contributed by atoms with Gasteiger partial charge in [0, 0.05) is 31.9 Å². The number of aromatic nitrogens is 1. The van der Waals surface area contributed by atoms with E-state index in [1.165, 1.54) is 12.8 Å². The molecule has 2 heterocycles.